The SMILES string of the molecule is C[C@@H]1CCc2c(sc(NC(=O)COC(=O)[C@]34CCC(=O)N3c3ccccc3S4)c2C#N)C1. The van der Waals surface area contributed by atoms with Crippen LogP contribution in [-0.2, 0) is 32.0 Å². The Morgan fingerprint density at radius 1 is 1.34 bits per heavy atom. The largest absolute Gasteiger partial charge is 0.453 e. The van der Waals surface area contributed by atoms with Crippen molar-refractivity contribution in [1.29, 1.82) is 5.26 Å². The second-order valence-electron chi connectivity index (χ2n) is 8.38. The van der Waals surface area contributed by atoms with Crippen molar-refractivity contribution in [2.45, 2.75) is 48.8 Å². The van der Waals surface area contributed by atoms with Gasteiger partial charge in [0.2, 0.25) is 5.91 Å². The van der Waals surface area contributed by atoms with E-state index in [9.17, 15) is 19.6 Å². The second kappa shape index (κ2) is 7.94. The van der Waals surface area contributed by atoms with Gasteiger partial charge in [-0.05, 0) is 42.9 Å². The molecule has 1 aromatic carbocycles. The maximum absolute atomic E-state index is 13.1. The first-order valence-corrected chi connectivity index (χ1v) is 12.2. The van der Waals surface area contributed by atoms with E-state index in [1.54, 1.807) is 0 Å². The van der Waals surface area contributed by atoms with Gasteiger partial charge in [0.1, 0.15) is 11.1 Å². The number of hydrogen-bond acceptors (Lipinski definition) is 7. The molecule has 32 heavy (non-hydrogen) atoms. The Labute approximate surface area is 193 Å². The molecule has 0 saturated carbocycles. The molecule has 0 spiro atoms. The lowest BCUT2D eigenvalue weighted by molar-refractivity contribution is -0.149. The lowest BCUT2D eigenvalue weighted by Gasteiger charge is -2.28. The average molecular weight is 468 g/mol. The third-order valence-corrected chi connectivity index (χ3v) is 8.83. The summed E-state index contributed by atoms with van der Waals surface area (Å²) in [6.07, 6.45) is 3.36. The molecule has 1 aliphatic carbocycles. The number of amides is 2. The summed E-state index contributed by atoms with van der Waals surface area (Å²) < 4.78 is 5.39. The highest BCUT2D eigenvalue weighted by Gasteiger charge is 2.58. The van der Waals surface area contributed by atoms with Crippen LogP contribution < -0.4 is 10.2 Å². The maximum Gasteiger partial charge on any atom is 0.344 e. The van der Waals surface area contributed by atoms with Gasteiger partial charge in [-0.1, -0.05) is 30.8 Å². The average Bonchev–Trinajstić information content (AvgIpc) is 3.41. The summed E-state index contributed by atoms with van der Waals surface area (Å²) in [6.45, 7) is 1.71. The number of carbonyl (C=O) groups excluding carboxylic acids is 3. The molecule has 1 N–H and O–H groups in total. The van der Waals surface area contributed by atoms with Gasteiger partial charge in [0.05, 0.1) is 11.3 Å². The zero-order chi connectivity index (χ0) is 22.5. The van der Waals surface area contributed by atoms with Crippen molar-refractivity contribution < 1.29 is 19.1 Å². The van der Waals surface area contributed by atoms with E-state index in [1.165, 1.54) is 28.0 Å². The Balaban J connectivity index is 1.28. The third kappa shape index (κ3) is 3.29. The predicted octanol–water partition coefficient (Wildman–Crippen LogP) is 3.86. The number of esters is 1. The van der Waals surface area contributed by atoms with Crippen LogP contribution >= 0.6 is 23.1 Å². The molecule has 5 rings (SSSR count). The number of fused-ring (bicyclic) bond motifs is 4. The van der Waals surface area contributed by atoms with E-state index in [0.717, 1.165) is 34.6 Å². The Bertz CT molecular complexity index is 1180. The molecule has 1 fully saturated rings. The van der Waals surface area contributed by atoms with Crippen LogP contribution in [0.25, 0.3) is 0 Å². The summed E-state index contributed by atoms with van der Waals surface area (Å²) in [6, 6.07) is 9.59. The standard InChI is InChI=1S/C23H21N3O4S2/c1-13-6-7-14-15(11-24)21(31-18(14)10-13)25-19(27)12-30-22(29)23-9-8-20(28)26(23)16-4-2-3-5-17(16)32-23/h2-5,13H,6-10,12H2,1H3,(H,25,27)/t13-,23-/m1/s1. The molecule has 0 unspecified atom stereocenters. The summed E-state index contributed by atoms with van der Waals surface area (Å²) in [5.41, 5.74) is 2.25. The fourth-order valence-electron chi connectivity index (χ4n) is 4.64. The molecule has 7 nitrogen and oxygen atoms in total. The van der Waals surface area contributed by atoms with Gasteiger partial charge in [0.25, 0.3) is 5.91 Å². The number of ether oxygens (including phenoxy) is 1. The molecule has 3 heterocycles. The number of hydrogen-bond donors (Lipinski definition) is 1. The van der Waals surface area contributed by atoms with Gasteiger partial charge in [-0.2, -0.15) is 5.26 Å². The van der Waals surface area contributed by atoms with Crippen LogP contribution in [0.4, 0.5) is 10.7 Å². The number of nitrogens with one attached hydrogen (secondary N) is 1. The van der Waals surface area contributed by atoms with Crippen molar-refractivity contribution in [2.24, 2.45) is 5.92 Å². The molecule has 2 atom stereocenters. The molecule has 0 bridgehead atoms. The Morgan fingerprint density at radius 3 is 2.97 bits per heavy atom. The lowest BCUT2D eigenvalue weighted by Crippen LogP contribution is -2.48. The van der Waals surface area contributed by atoms with E-state index >= 15 is 0 Å². The second-order valence-corrected chi connectivity index (χ2v) is 10.8. The first-order valence-electron chi connectivity index (χ1n) is 10.6. The van der Waals surface area contributed by atoms with E-state index in [-0.39, 0.29) is 12.3 Å². The van der Waals surface area contributed by atoms with Crippen LogP contribution in [0.1, 0.15) is 42.2 Å². The lowest BCUT2D eigenvalue weighted by atomic mass is 9.89. The number of benzene rings is 1. The van der Waals surface area contributed by atoms with Crippen molar-refractivity contribution in [3.63, 3.8) is 0 Å². The van der Waals surface area contributed by atoms with Gasteiger partial charge in [0.15, 0.2) is 11.5 Å². The van der Waals surface area contributed by atoms with E-state index < -0.39 is 23.4 Å². The Kier molecular flexibility index (Phi) is 5.22. The predicted molar refractivity (Wildman–Crippen MR) is 122 cm³/mol. The first-order chi connectivity index (χ1) is 15.4. The zero-order valence-corrected chi connectivity index (χ0v) is 19.1. The van der Waals surface area contributed by atoms with Crippen molar-refractivity contribution in [3.05, 3.63) is 40.3 Å². The van der Waals surface area contributed by atoms with Crippen LogP contribution in [0.5, 0.6) is 0 Å². The quantitative estimate of drug-likeness (QED) is 0.686. The van der Waals surface area contributed by atoms with Crippen molar-refractivity contribution in [1.82, 2.24) is 0 Å². The number of thioether (sulfide) groups is 1. The summed E-state index contributed by atoms with van der Waals surface area (Å²) in [4.78, 5) is 40.5. The van der Waals surface area contributed by atoms with E-state index in [4.69, 9.17) is 4.74 Å². The van der Waals surface area contributed by atoms with E-state index in [0.29, 0.717) is 28.6 Å². The van der Waals surface area contributed by atoms with Gasteiger partial charge in [-0.25, -0.2) is 4.79 Å². The molecule has 164 valence electrons. The zero-order valence-electron chi connectivity index (χ0n) is 17.5. The molecule has 2 amide bonds. The first kappa shape index (κ1) is 21.0. The minimum Gasteiger partial charge on any atom is -0.453 e. The van der Waals surface area contributed by atoms with Gasteiger partial charge in [0, 0.05) is 22.6 Å². The Morgan fingerprint density at radius 2 is 2.16 bits per heavy atom. The topological polar surface area (TPSA) is 99.5 Å². The van der Waals surface area contributed by atoms with Crippen LogP contribution in [0.3, 0.4) is 0 Å². The van der Waals surface area contributed by atoms with Gasteiger partial charge < -0.3 is 10.1 Å². The maximum atomic E-state index is 13.1. The fourth-order valence-corrected chi connectivity index (χ4v) is 7.43. The highest BCUT2D eigenvalue weighted by molar-refractivity contribution is 8.02. The summed E-state index contributed by atoms with van der Waals surface area (Å²) in [5, 5.41) is 12.9. The molecule has 1 saturated heterocycles. The van der Waals surface area contributed by atoms with Crippen molar-refractivity contribution in [3.8, 4) is 6.07 Å². The molecule has 2 aliphatic heterocycles. The summed E-state index contributed by atoms with van der Waals surface area (Å²) >= 11 is 2.74. The number of nitrogens with zero attached hydrogens (tertiary/aromatic N) is 2. The molecule has 9 heteroatoms. The molecule has 3 aliphatic rings. The van der Waals surface area contributed by atoms with Crippen LogP contribution in [0, 0.1) is 17.2 Å². The number of rotatable bonds is 4. The molecule has 2 aromatic rings. The highest BCUT2D eigenvalue weighted by Crippen LogP contribution is 2.56. The van der Waals surface area contributed by atoms with Crippen LogP contribution in [0.2, 0.25) is 0 Å². The van der Waals surface area contributed by atoms with E-state index in [1.807, 2.05) is 24.3 Å². The smallest absolute Gasteiger partial charge is 0.344 e. The third-order valence-electron chi connectivity index (χ3n) is 6.20. The molecule has 0 radical (unpaired) electrons. The van der Waals surface area contributed by atoms with Gasteiger partial charge in [-0.3, -0.25) is 14.5 Å². The van der Waals surface area contributed by atoms with Crippen LogP contribution in [0.15, 0.2) is 29.2 Å². The Hall–Kier alpha value is -2.83. The minimum atomic E-state index is -1.16. The fraction of sp³-hybridized carbons (Fsp3) is 0.391. The number of para-hydroxylation sites is 1. The van der Waals surface area contributed by atoms with Crippen molar-refractivity contribution >= 4 is 51.6 Å². The minimum absolute atomic E-state index is 0.124. The number of carbonyl (C=O) groups is 3. The van der Waals surface area contributed by atoms with Gasteiger partial charge >= 0.3 is 5.97 Å². The summed E-state index contributed by atoms with van der Waals surface area (Å²) in [5.74, 6) is -0.656. The van der Waals surface area contributed by atoms with Gasteiger partial charge in [-0.15, -0.1) is 11.3 Å². The molecular formula is C23H21N3O4S2. The van der Waals surface area contributed by atoms with E-state index in [2.05, 4.69) is 18.3 Å². The molecular weight excluding hydrogens is 446 g/mol. The number of anilines is 2. The number of nitriles is 1. The normalized spacial score (nSPS) is 23.2. The van der Waals surface area contributed by atoms with Crippen molar-refractivity contribution in [2.75, 3.05) is 16.8 Å². The molecule has 1 aromatic heterocycles. The van der Waals surface area contributed by atoms with Crippen LogP contribution in [-0.4, -0.2) is 29.3 Å². The highest BCUT2D eigenvalue weighted by atomic mass is 32.2. The number of thiophene rings is 1. The summed E-state index contributed by atoms with van der Waals surface area (Å²) in [7, 11) is 0. The monoisotopic (exact) mass is 467 g/mol.